The number of ether oxygens (including phenoxy) is 2. The molecule has 0 spiro atoms. The van der Waals surface area contributed by atoms with E-state index in [0.717, 1.165) is 32.8 Å². The third kappa shape index (κ3) is 4.19. The van der Waals surface area contributed by atoms with Crippen molar-refractivity contribution in [3.8, 4) is 0 Å². The molecule has 2 rings (SSSR count). The second-order valence-electron chi connectivity index (χ2n) is 5.39. The molecule has 4 heteroatoms. The lowest BCUT2D eigenvalue weighted by atomic mass is 9.90. The van der Waals surface area contributed by atoms with Crippen molar-refractivity contribution in [3.63, 3.8) is 0 Å². The van der Waals surface area contributed by atoms with Gasteiger partial charge in [0, 0.05) is 26.2 Å². The SMILES string of the molecule is COCCNCCCN1CCOC2CCCCC21. The van der Waals surface area contributed by atoms with Gasteiger partial charge in [-0.3, -0.25) is 4.90 Å². The molecule has 0 aromatic rings. The number of nitrogens with one attached hydrogen (secondary N) is 1. The summed E-state index contributed by atoms with van der Waals surface area (Å²) in [4.78, 5) is 2.66. The van der Waals surface area contributed by atoms with E-state index >= 15 is 0 Å². The highest BCUT2D eigenvalue weighted by Gasteiger charge is 2.33. The van der Waals surface area contributed by atoms with Crippen LogP contribution in [0.5, 0.6) is 0 Å². The van der Waals surface area contributed by atoms with Crippen LogP contribution in [-0.2, 0) is 9.47 Å². The van der Waals surface area contributed by atoms with Crippen LogP contribution in [-0.4, -0.2) is 63.5 Å². The van der Waals surface area contributed by atoms with Crippen molar-refractivity contribution in [1.82, 2.24) is 10.2 Å². The van der Waals surface area contributed by atoms with Gasteiger partial charge in [0.05, 0.1) is 19.3 Å². The molecule has 0 aromatic carbocycles. The molecular formula is C14H28N2O2. The Labute approximate surface area is 111 Å². The van der Waals surface area contributed by atoms with Gasteiger partial charge >= 0.3 is 0 Å². The number of methoxy groups -OCH3 is 1. The smallest absolute Gasteiger partial charge is 0.0730 e. The molecule has 1 N–H and O–H groups in total. The molecule has 4 nitrogen and oxygen atoms in total. The van der Waals surface area contributed by atoms with Crippen molar-refractivity contribution in [3.05, 3.63) is 0 Å². The standard InChI is InChI=1S/C14H28N2O2/c1-17-11-8-15-7-4-9-16-10-12-18-14-6-3-2-5-13(14)16/h13-15H,2-12H2,1H3. The Bertz CT molecular complexity index is 224. The third-order valence-electron chi connectivity index (χ3n) is 4.13. The molecule has 0 aromatic heterocycles. The van der Waals surface area contributed by atoms with Gasteiger partial charge in [-0.15, -0.1) is 0 Å². The molecule has 18 heavy (non-hydrogen) atoms. The summed E-state index contributed by atoms with van der Waals surface area (Å²) in [6.07, 6.45) is 7.09. The quantitative estimate of drug-likeness (QED) is 0.695. The first-order chi connectivity index (χ1) is 8.92. The summed E-state index contributed by atoms with van der Waals surface area (Å²) < 4.78 is 10.9. The Hall–Kier alpha value is -0.160. The summed E-state index contributed by atoms with van der Waals surface area (Å²) in [5, 5.41) is 3.42. The van der Waals surface area contributed by atoms with Crippen LogP contribution in [0.2, 0.25) is 0 Å². The van der Waals surface area contributed by atoms with E-state index in [4.69, 9.17) is 9.47 Å². The molecule has 106 valence electrons. The van der Waals surface area contributed by atoms with E-state index in [-0.39, 0.29) is 0 Å². The molecule has 1 aliphatic heterocycles. The lowest BCUT2D eigenvalue weighted by Gasteiger charge is -2.43. The largest absolute Gasteiger partial charge is 0.383 e. The van der Waals surface area contributed by atoms with Crippen molar-refractivity contribution in [1.29, 1.82) is 0 Å². The van der Waals surface area contributed by atoms with Crippen LogP contribution in [0.3, 0.4) is 0 Å². The van der Waals surface area contributed by atoms with E-state index in [9.17, 15) is 0 Å². The second-order valence-corrected chi connectivity index (χ2v) is 5.39. The first-order valence-corrected chi connectivity index (χ1v) is 7.47. The Morgan fingerprint density at radius 2 is 2.17 bits per heavy atom. The molecule has 2 atom stereocenters. The van der Waals surface area contributed by atoms with Gasteiger partial charge in [0.2, 0.25) is 0 Å². The molecule has 1 saturated carbocycles. The van der Waals surface area contributed by atoms with Crippen LogP contribution in [0.1, 0.15) is 32.1 Å². The summed E-state index contributed by atoms with van der Waals surface area (Å²) >= 11 is 0. The van der Waals surface area contributed by atoms with Crippen LogP contribution < -0.4 is 5.32 Å². The fourth-order valence-corrected chi connectivity index (χ4v) is 3.16. The highest BCUT2D eigenvalue weighted by Crippen LogP contribution is 2.28. The Kier molecular flexibility index (Phi) is 6.41. The van der Waals surface area contributed by atoms with Crippen LogP contribution in [0.4, 0.5) is 0 Å². The molecule has 0 amide bonds. The number of rotatable bonds is 7. The number of fused-ring (bicyclic) bond motifs is 1. The van der Waals surface area contributed by atoms with Crippen LogP contribution in [0, 0.1) is 0 Å². The fraction of sp³-hybridized carbons (Fsp3) is 1.00. The average Bonchev–Trinajstić information content (AvgIpc) is 2.43. The van der Waals surface area contributed by atoms with Gasteiger partial charge in [-0.1, -0.05) is 12.8 Å². The lowest BCUT2D eigenvalue weighted by Crippen LogP contribution is -2.53. The van der Waals surface area contributed by atoms with Crippen molar-refractivity contribution >= 4 is 0 Å². The van der Waals surface area contributed by atoms with E-state index < -0.39 is 0 Å². The van der Waals surface area contributed by atoms with Crippen LogP contribution in [0.15, 0.2) is 0 Å². The zero-order chi connectivity index (χ0) is 12.6. The third-order valence-corrected chi connectivity index (χ3v) is 4.13. The van der Waals surface area contributed by atoms with E-state index in [1.807, 2.05) is 0 Å². The molecule has 2 aliphatic rings. The normalized spacial score (nSPS) is 29.2. The van der Waals surface area contributed by atoms with Gasteiger partial charge < -0.3 is 14.8 Å². The van der Waals surface area contributed by atoms with Gasteiger partial charge in [-0.2, -0.15) is 0 Å². The maximum Gasteiger partial charge on any atom is 0.0730 e. The first kappa shape index (κ1) is 14.3. The van der Waals surface area contributed by atoms with E-state index in [1.165, 1.54) is 38.6 Å². The van der Waals surface area contributed by atoms with Gasteiger partial charge in [0.25, 0.3) is 0 Å². The van der Waals surface area contributed by atoms with Crippen LogP contribution >= 0.6 is 0 Å². The minimum atomic E-state index is 0.522. The maximum atomic E-state index is 5.90. The molecular weight excluding hydrogens is 228 g/mol. The molecule has 2 unspecified atom stereocenters. The lowest BCUT2D eigenvalue weighted by molar-refractivity contribution is -0.0880. The molecule has 2 fully saturated rings. The average molecular weight is 256 g/mol. The summed E-state index contributed by atoms with van der Waals surface area (Å²) in [5.74, 6) is 0. The molecule has 1 saturated heterocycles. The zero-order valence-corrected chi connectivity index (χ0v) is 11.7. The van der Waals surface area contributed by atoms with Gasteiger partial charge in [0.1, 0.15) is 0 Å². The minimum absolute atomic E-state index is 0.522. The number of hydrogen-bond donors (Lipinski definition) is 1. The first-order valence-electron chi connectivity index (χ1n) is 7.47. The summed E-state index contributed by atoms with van der Waals surface area (Å²) in [6, 6.07) is 0.700. The predicted molar refractivity (Wildman–Crippen MR) is 72.9 cm³/mol. The minimum Gasteiger partial charge on any atom is -0.383 e. The Balaban J connectivity index is 1.62. The zero-order valence-electron chi connectivity index (χ0n) is 11.7. The topological polar surface area (TPSA) is 33.7 Å². The monoisotopic (exact) mass is 256 g/mol. The van der Waals surface area contributed by atoms with Crippen molar-refractivity contribution < 1.29 is 9.47 Å². The predicted octanol–water partition coefficient (Wildman–Crippen LogP) is 1.26. The summed E-state index contributed by atoms with van der Waals surface area (Å²) in [5.41, 5.74) is 0. The number of hydrogen-bond acceptors (Lipinski definition) is 4. The van der Waals surface area contributed by atoms with Crippen molar-refractivity contribution in [2.75, 3.05) is 46.5 Å². The van der Waals surface area contributed by atoms with Crippen molar-refractivity contribution in [2.45, 2.75) is 44.2 Å². The fourth-order valence-electron chi connectivity index (χ4n) is 3.16. The summed E-state index contributed by atoms with van der Waals surface area (Å²) in [6.45, 7) is 6.13. The van der Waals surface area contributed by atoms with Crippen molar-refractivity contribution in [2.24, 2.45) is 0 Å². The molecule has 0 radical (unpaired) electrons. The van der Waals surface area contributed by atoms with Crippen LogP contribution in [0.25, 0.3) is 0 Å². The van der Waals surface area contributed by atoms with E-state index in [2.05, 4.69) is 10.2 Å². The Morgan fingerprint density at radius 1 is 1.28 bits per heavy atom. The van der Waals surface area contributed by atoms with E-state index in [0.29, 0.717) is 12.1 Å². The maximum absolute atomic E-state index is 5.90. The summed E-state index contributed by atoms with van der Waals surface area (Å²) in [7, 11) is 1.75. The second kappa shape index (κ2) is 8.10. The van der Waals surface area contributed by atoms with Gasteiger partial charge in [-0.05, 0) is 32.4 Å². The molecule has 1 aliphatic carbocycles. The molecule has 1 heterocycles. The number of morpholine rings is 1. The molecule has 0 bridgehead atoms. The van der Waals surface area contributed by atoms with Gasteiger partial charge in [-0.25, -0.2) is 0 Å². The van der Waals surface area contributed by atoms with Gasteiger partial charge in [0.15, 0.2) is 0 Å². The Morgan fingerprint density at radius 3 is 3.06 bits per heavy atom. The highest BCUT2D eigenvalue weighted by atomic mass is 16.5. The number of nitrogens with zero attached hydrogens (tertiary/aromatic N) is 1. The van der Waals surface area contributed by atoms with E-state index in [1.54, 1.807) is 7.11 Å². The highest BCUT2D eigenvalue weighted by molar-refractivity contribution is 4.87.